The van der Waals surface area contributed by atoms with Gasteiger partial charge in [-0.05, 0) is 18.6 Å². The molecule has 1 aliphatic heterocycles. The Morgan fingerprint density at radius 2 is 2.10 bits per heavy atom. The number of aromatic nitrogens is 1. The molecule has 0 spiro atoms. The SMILES string of the molecule is CCCCC(=O)N1CC(Oc2ccc3ccccc3n2)C1. The predicted molar refractivity (Wildman–Crippen MR) is 82.3 cm³/mol. The van der Waals surface area contributed by atoms with Crippen molar-refractivity contribution in [2.24, 2.45) is 0 Å². The Kier molecular flexibility index (Phi) is 4.04. The van der Waals surface area contributed by atoms with Gasteiger partial charge in [-0.3, -0.25) is 4.79 Å². The summed E-state index contributed by atoms with van der Waals surface area (Å²) in [5.74, 6) is 0.877. The third kappa shape index (κ3) is 3.15. The van der Waals surface area contributed by atoms with Gasteiger partial charge in [-0.1, -0.05) is 31.5 Å². The van der Waals surface area contributed by atoms with Crippen molar-refractivity contribution in [3.8, 4) is 5.88 Å². The number of unbranched alkanes of at least 4 members (excludes halogenated alkanes) is 1. The van der Waals surface area contributed by atoms with Gasteiger partial charge in [-0.25, -0.2) is 4.98 Å². The van der Waals surface area contributed by atoms with Crippen LogP contribution in [-0.4, -0.2) is 35.0 Å². The lowest BCUT2D eigenvalue weighted by Crippen LogP contribution is -2.56. The minimum atomic E-state index is 0.0734. The van der Waals surface area contributed by atoms with E-state index in [-0.39, 0.29) is 12.0 Å². The molecule has 4 nitrogen and oxygen atoms in total. The second kappa shape index (κ2) is 6.12. The summed E-state index contributed by atoms with van der Waals surface area (Å²) in [6.45, 7) is 3.45. The molecule has 3 rings (SSSR count). The summed E-state index contributed by atoms with van der Waals surface area (Å²) in [5, 5.41) is 1.11. The molecule has 2 aromatic rings. The maximum Gasteiger partial charge on any atom is 0.222 e. The van der Waals surface area contributed by atoms with Crippen molar-refractivity contribution < 1.29 is 9.53 Å². The molecule has 0 saturated carbocycles. The topological polar surface area (TPSA) is 42.4 Å². The highest BCUT2D eigenvalue weighted by molar-refractivity contribution is 5.79. The molecule has 0 unspecified atom stereocenters. The fraction of sp³-hybridized carbons (Fsp3) is 0.412. The first-order valence-electron chi connectivity index (χ1n) is 7.56. The Balaban J connectivity index is 1.54. The molecule has 1 aromatic heterocycles. The van der Waals surface area contributed by atoms with E-state index in [2.05, 4.69) is 11.9 Å². The molecule has 110 valence electrons. The molecule has 21 heavy (non-hydrogen) atoms. The van der Waals surface area contributed by atoms with Gasteiger partial charge >= 0.3 is 0 Å². The van der Waals surface area contributed by atoms with E-state index >= 15 is 0 Å². The zero-order valence-corrected chi connectivity index (χ0v) is 12.3. The van der Waals surface area contributed by atoms with Gasteiger partial charge < -0.3 is 9.64 Å². The molecule has 1 fully saturated rings. The average Bonchev–Trinajstić information content (AvgIpc) is 2.48. The highest BCUT2D eigenvalue weighted by Gasteiger charge is 2.31. The van der Waals surface area contributed by atoms with Crippen molar-refractivity contribution in [3.05, 3.63) is 36.4 Å². The Morgan fingerprint density at radius 3 is 2.90 bits per heavy atom. The maximum absolute atomic E-state index is 11.8. The first kappa shape index (κ1) is 13.9. The number of para-hydroxylation sites is 1. The summed E-state index contributed by atoms with van der Waals surface area (Å²) in [6.07, 6.45) is 2.75. The number of carbonyl (C=O) groups excluding carboxylic acids is 1. The Morgan fingerprint density at radius 1 is 1.29 bits per heavy atom. The quantitative estimate of drug-likeness (QED) is 0.847. The fourth-order valence-electron chi connectivity index (χ4n) is 2.49. The van der Waals surface area contributed by atoms with Crippen molar-refractivity contribution in [3.63, 3.8) is 0 Å². The normalized spacial score (nSPS) is 15.0. The van der Waals surface area contributed by atoms with Gasteiger partial charge in [0.05, 0.1) is 18.6 Å². The van der Waals surface area contributed by atoms with Crippen molar-refractivity contribution in [1.29, 1.82) is 0 Å². The predicted octanol–water partition coefficient (Wildman–Crippen LogP) is 3.01. The third-order valence-corrected chi connectivity index (χ3v) is 3.81. The molecule has 4 heteroatoms. The monoisotopic (exact) mass is 284 g/mol. The second-order valence-electron chi connectivity index (χ2n) is 5.48. The van der Waals surface area contributed by atoms with Crippen molar-refractivity contribution in [2.45, 2.75) is 32.3 Å². The van der Waals surface area contributed by atoms with Crippen LogP contribution in [0.15, 0.2) is 36.4 Å². The molecule has 0 bridgehead atoms. The van der Waals surface area contributed by atoms with Crippen molar-refractivity contribution in [1.82, 2.24) is 9.88 Å². The summed E-state index contributed by atoms with van der Waals surface area (Å²) in [7, 11) is 0. The van der Waals surface area contributed by atoms with E-state index in [1.165, 1.54) is 0 Å². The summed E-state index contributed by atoms with van der Waals surface area (Å²) < 4.78 is 5.84. The van der Waals surface area contributed by atoms with Crippen LogP contribution >= 0.6 is 0 Å². The van der Waals surface area contributed by atoms with Crippen molar-refractivity contribution in [2.75, 3.05) is 13.1 Å². The van der Waals surface area contributed by atoms with E-state index in [4.69, 9.17) is 4.74 Å². The number of likely N-dealkylation sites (tertiary alicyclic amines) is 1. The number of nitrogens with zero attached hydrogens (tertiary/aromatic N) is 2. The van der Waals surface area contributed by atoms with Gasteiger partial charge in [-0.2, -0.15) is 0 Å². The summed E-state index contributed by atoms with van der Waals surface area (Å²) in [6, 6.07) is 11.9. The van der Waals surface area contributed by atoms with Crippen LogP contribution in [0, 0.1) is 0 Å². The lowest BCUT2D eigenvalue weighted by atomic mass is 10.1. The van der Waals surface area contributed by atoms with Gasteiger partial charge in [0.2, 0.25) is 11.8 Å². The molecule has 1 aromatic carbocycles. The third-order valence-electron chi connectivity index (χ3n) is 3.81. The molecule has 1 saturated heterocycles. The lowest BCUT2D eigenvalue weighted by molar-refractivity contribution is -0.140. The lowest BCUT2D eigenvalue weighted by Gasteiger charge is -2.38. The number of hydrogen-bond donors (Lipinski definition) is 0. The summed E-state index contributed by atoms with van der Waals surface area (Å²) >= 11 is 0. The van der Waals surface area contributed by atoms with E-state index in [0.29, 0.717) is 25.4 Å². The highest BCUT2D eigenvalue weighted by Crippen LogP contribution is 2.20. The zero-order valence-electron chi connectivity index (χ0n) is 12.3. The van der Waals surface area contributed by atoms with Crippen LogP contribution in [0.3, 0.4) is 0 Å². The van der Waals surface area contributed by atoms with Crippen LogP contribution in [0.25, 0.3) is 10.9 Å². The zero-order chi connectivity index (χ0) is 14.7. The van der Waals surface area contributed by atoms with E-state index < -0.39 is 0 Å². The van der Waals surface area contributed by atoms with Crippen LogP contribution in [0.1, 0.15) is 26.2 Å². The van der Waals surface area contributed by atoms with E-state index in [1.54, 1.807) is 0 Å². The Bertz CT molecular complexity index is 635. The Hall–Kier alpha value is -2.10. The minimum Gasteiger partial charge on any atom is -0.471 e. The average molecular weight is 284 g/mol. The molecule has 0 N–H and O–H groups in total. The second-order valence-corrected chi connectivity index (χ2v) is 5.48. The van der Waals surface area contributed by atoms with Crippen LogP contribution < -0.4 is 4.74 Å². The van der Waals surface area contributed by atoms with E-state index in [9.17, 15) is 4.79 Å². The first-order chi connectivity index (χ1) is 10.3. The highest BCUT2D eigenvalue weighted by atomic mass is 16.5. The number of ether oxygens (including phenoxy) is 1. The van der Waals surface area contributed by atoms with Crippen molar-refractivity contribution >= 4 is 16.8 Å². The van der Waals surface area contributed by atoms with Crippen LogP contribution in [0.5, 0.6) is 5.88 Å². The van der Waals surface area contributed by atoms with Gasteiger partial charge in [0.1, 0.15) is 6.10 Å². The van der Waals surface area contributed by atoms with E-state index in [1.807, 2.05) is 41.3 Å². The first-order valence-corrected chi connectivity index (χ1v) is 7.56. The Labute approximate surface area is 124 Å². The molecular formula is C17H20N2O2. The van der Waals surface area contributed by atoms with Gasteiger partial charge in [0.25, 0.3) is 0 Å². The number of benzene rings is 1. The number of carbonyl (C=O) groups is 1. The largest absolute Gasteiger partial charge is 0.471 e. The van der Waals surface area contributed by atoms with Gasteiger partial charge in [0.15, 0.2) is 0 Å². The smallest absolute Gasteiger partial charge is 0.222 e. The molecule has 1 aliphatic rings. The molecule has 0 radical (unpaired) electrons. The standard InChI is InChI=1S/C17H20N2O2/c1-2-3-8-17(20)19-11-14(12-19)21-16-10-9-13-6-4-5-7-15(13)18-16/h4-7,9-10,14H,2-3,8,11-12H2,1H3. The number of fused-ring (bicyclic) bond motifs is 1. The van der Waals surface area contributed by atoms with Crippen LogP contribution in [0.2, 0.25) is 0 Å². The number of pyridine rings is 1. The van der Waals surface area contributed by atoms with Crippen LogP contribution in [-0.2, 0) is 4.79 Å². The van der Waals surface area contributed by atoms with Gasteiger partial charge in [0, 0.05) is 17.9 Å². The minimum absolute atomic E-state index is 0.0734. The molecule has 0 atom stereocenters. The molecule has 0 aliphatic carbocycles. The summed E-state index contributed by atoms with van der Waals surface area (Å²) in [4.78, 5) is 18.2. The number of amides is 1. The van der Waals surface area contributed by atoms with Crippen LogP contribution in [0.4, 0.5) is 0 Å². The molecule has 2 heterocycles. The van der Waals surface area contributed by atoms with Gasteiger partial charge in [-0.15, -0.1) is 0 Å². The summed E-state index contributed by atoms with van der Waals surface area (Å²) in [5.41, 5.74) is 0.935. The number of hydrogen-bond acceptors (Lipinski definition) is 3. The molecule has 1 amide bonds. The van der Waals surface area contributed by atoms with E-state index in [0.717, 1.165) is 23.7 Å². The fourth-order valence-corrected chi connectivity index (χ4v) is 2.49. The maximum atomic E-state index is 11.8. The molecular weight excluding hydrogens is 264 g/mol. The number of rotatable bonds is 5.